The molecule has 90 valence electrons. The molecule has 1 aliphatic heterocycles. The molecule has 1 aliphatic rings. The van der Waals surface area contributed by atoms with Crippen LogP contribution < -0.4 is 16.4 Å². The molecule has 2 rings (SSSR count). The maximum Gasteiger partial charge on any atom is 0.222 e. The van der Waals surface area contributed by atoms with Crippen molar-refractivity contribution in [1.29, 1.82) is 0 Å². The van der Waals surface area contributed by atoms with E-state index in [2.05, 4.69) is 9.88 Å². The number of pyridine rings is 1. The molecule has 1 aromatic heterocycles. The Bertz CT molecular complexity index is 463. The minimum Gasteiger partial charge on any atom is -0.388 e. The van der Waals surface area contributed by atoms with Crippen molar-refractivity contribution in [2.24, 2.45) is 17.4 Å². The van der Waals surface area contributed by atoms with E-state index in [0.29, 0.717) is 12.2 Å². The van der Waals surface area contributed by atoms with Crippen molar-refractivity contribution in [3.05, 3.63) is 24.0 Å². The number of amides is 1. The Hall–Kier alpha value is -1.69. The molecular weight excluding hydrogens is 236 g/mol. The van der Waals surface area contributed by atoms with Crippen LogP contribution in [0, 0.1) is 5.92 Å². The smallest absolute Gasteiger partial charge is 0.222 e. The molecule has 6 heteroatoms. The van der Waals surface area contributed by atoms with Crippen LogP contribution >= 0.6 is 12.2 Å². The summed E-state index contributed by atoms with van der Waals surface area (Å²) in [7, 11) is 0. The van der Waals surface area contributed by atoms with Crippen molar-refractivity contribution in [1.82, 2.24) is 4.98 Å². The van der Waals surface area contributed by atoms with E-state index in [1.165, 1.54) is 0 Å². The van der Waals surface area contributed by atoms with E-state index in [4.69, 9.17) is 23.7 Å². The monoisotopic (exact) mass is 250 g/mol. The fourth-order valence-corrected chi connectivity index (χ4v) is 2.09. The van der Waals surface area contributed by atoms with E-state index in [9.17, 15) is 4.79 Å². The molecule has 1 fully saturated rings. The van der Waals surface area contributed by atoms with Crippen molar-refractivity contribution in [2.45, 2.75) is 6.42 Å². The lowest BCUT2D eigenvalue weighted by atomic mass is 10.1. The molecule has 0 aromatic carbocycles. The number of nitrogens with zero attached hydrogens (tertiary/aromatic N) is 2. The van der Waals surface area contributed by atoms with E-state index in [0.717, 1.165) is 18.7 Å². The molecule has 4 N–H and O–H groups in total. The standard InChI is InChI=1S/C11H14N4OS/c12-10(16)7-2-4-15(6-7)8-1-3-14-9(5-8)11(13)17/h1,3,5,7H,2,4,6H2,(H2,12,16)(H2,13,17). The second-order valence-corrected chi connectivity index (χ2v) is 4.54. The maximum absolute atomic E-state index is 11.1. The van der Waals surface area contributed by atoms with E-state index in [1.54, 1.807) is 6.20 Å². The van der Waals surface area contributed by atoms with Gasteiger partial charge in [0.2, 0.25) is 5.91 Å². The third-order valence-corrected chi connectivity index (χ3v) is 3.16. The normalized spacial score (nSPS) is 19.3. The van der Waals surface area contributed by atoms with E-state index in [-0.39, 0.29) is 16.8 Å². The van der Waals surface area contributed by atoms with Gasteiger partial charge in [0.05, 0.1) is 11.6 Å². The summed E-state index contributed by atoms with van der Waals surface area (Å²) in [6.45, 7) is 1.46. The molecule has 17 heavy (non-hydrogen) atoms. The lowest BCUT2D eigenvalue weighted by Gasteiger charge is -2.18. The summed E-state index contributed by atoms with van der Waals surface area (Å²) in [6, 6.07) is 3.72. The maximum atomic E-state index is 11.1. The third-order valence-electron chi connectivity index (χ3n) is 2.95. The van der Waals surface area contributed by atoms with Gasteiger partial charge in [0, 0.05) is 25.0 Å². The Labute approximate surface area is 105 Å². The summed E-state index contributed by atoms with van der Waals surface area (Å²) < 4.78 is 0. The van der Waals surface area contributed by atoms with Crippen LogP contribution in [0.25, 0.3) is 0 Å². The van der Waals surface area contributed by atoms with Crippen molar-refractivity contribution in [3.63, 3.8) is 0 Å². The molecule has 1 unspecified atom stereocenters. The summed E-state index contributed by atoms with van der Waals surface area (Å²) in [4.78, 5) is 17.5. The predicted octanol–water partition coefficient (Wildman–Crippen LogP) is 0.0274. The van der Waals surface area contributed by atoms with Crippen molar-refractivity contribution in [3.8, 4) is 0 Å². The van der Waals surface area contributed by atoms with E-state index >= 15 is 0 Å². The first-order chi connectivity index (χ1) is 8.08. The van der Waals surface area contributed by atoms with Crippen LogP contribution in [0.3, 0.4) is 0 Å². The molecule has 1 amide bonds. The van der Waals surface area contributed by atoms with Gasteiger partial charge in [0.25, 0.3) is 0 Å². The number of thiocarbonyl (C=S) groups is 1. The highest BCUT2D eigenvalue weighted by Gasteiger charge is 2.26. The second kappa shape index (κ2) is 4.67. The highest BCUT2D eigenvalue weighted by atomic mass is 32.1. The fraction of sp³-hybridized carbons (Fsp3) is 0.364. The van der Waals surface area contributed by atoms with Gasteiger partial charge in [0.15, 0.2) is 0 Å². The van der Waals surface area contributed by atoms with Gasteiger partial charge in [-0.2, -0.15) is 0 Å². The Balaban J connectivity index is 2.16. The van der Waals surface area contributed by atoms with Gasteiger partial charge in [-0.3, -0.25) is 9.78 Å². The zero-order chi connectivity index (χ0) is 12.4. The molecule has 0 radical (unpaired) electrons. The number of hydrogen-bond acceptors (Lipinski definition) is 4. The van der Waals surface area contributed by atoms with Gasteiger partial charge < -0.3 is 16.4 Å². The number of hydrogen-bond donors (Lipinski definition) is 2. The number of carbonyl (C=O) groups excluding carboxylic acids is 1. The summed E-state index contributed by atoms with van der Waals surface area (Å²) in [5, 5.41) is 0. The Morgan fingerprint density at radius 3 is 2.88 bits per heavy atom. The van der Waals surface area contributed by atoms with Crippen LogP contribution in [-0.2, 0) is 4.79 Å². The van der Waals surface area contributed by atoms with Gasteiger partial charge in [-0.1, -0.05) is 12.2 Å². The average molecular weight is 250 g/mol. The number of aromatic nitrogens is 1. The second-order valence-electron chi connectivity index (χ2n) is 4.10. The zero-order valence-electron chi connectivity index (χ0n) is 9.30. The quantitative estimate of drug-likeness (QED) is 0.739. The first-order valence-electron chi connectivity index (χ1n) is 5.38. The highest BCUT2D eigenvalue weighted by Crippen LogP contribution is 2.23. The molecule has 1 saturated heterocycles. The van der Waals surface area contributed by atoms with Crippen LogP contribution in [0.1, 0.15) is 12.1 Å². The Morgan fingerprint density at radius 2 is 2.29 bits per heavy atom. The third kappa shape index (κ3) is 2.52. The van der Waals surface area contributed by atoms with Crippen molar-refractivity contribution in [2.75, 3.05) is 18.0 Å². The van der Waals surface area contributed by atoms with Gasteiger partial charge in [-0.05, 0) is 18.6 Å². The predicted molar refractivity (Wildman–Crippen MR) is 69.6 cm³/mol. The molecular formula is C11H14N4OS. The number of anilines is 1. The molecule has 0 saturated carbocycles. The highest BCUT2D eigenvalue weighted by molar-refractivity contribution is 7.80. The average Bonchev–Trinajstić information content (AvgIpc) is 2.78. The minimum absolute atomic E-state index is 0.0727. The SMILES string of the molecule is NC(=O)C1CCN(c2ccnc(C(N)=S)c2)C1. The molecule has 1 atom stereocenters. The van der Waals surface area contributed by atoms with Crippen LogP contribution in [0.15, 0.2) is 18.3 Å². The number of carbonyl (C=O) groups is 1. The lowest BCUT2D eigenvalue weighted by molar-refractivity contribution is -0.121. The number of primary amides is 1. The van der Waals surface area contributed by atoms with E-state index < -0.39 is 0 Å². The van der Waals surface area contributed by atoms with Gasteiger partial charge in [-0.25, -0.2) is 0 Å². The zero-order valence-corrected chi connectivity index (χ0v) is 10.1. The first kappa shape index (κ1) is 11.8. The molecule has 5 nitrogen and oxygen atoms in total. The Morgan fingerprint density at radius 1 is 1.53 bits per heavy atom. The lowest BCUT2D eigenvalue weighted by Crippen LogP contribution is -2.27. The van der Waals surface area contributed by atoms with Crippen LogP contribution in [0.4, 0.5) is 5.69 Å². The fourth-order valence-electron chi connectivity index (χ4n) is 1.98. The van der Waals surface area contributed by atoms with E-state index in [1.807, 2.05) is 12.1 Å². The van der Waals surface area contributed by atoms with Crippen molar-refractivity contribution < 1.29 is 4.79 Å². The molecule has 1 aromatic rings. The van der Waals surface area contributed by atoms with Crippen LogP contribution in [0.5, 0.6) is 0 Å². The first-order valence-corrected chi connectivity index (χ1v) is 5.79. The largest absolute Gasteiger partial charge is 0.388 e. The summed E-state index contributed by atoms with van der Waals surface area (Å²) in [5.74, 6) is -0.312. The molecule has 0 aliphatic carbocycles. The molecule has 0 spiro atoms. The van der Waals surface area contributed by atoms with Gasteiger partial charge >= 0.3 is 0 Å². The molecule has 0 bridgehead atoms. The summed E-state index contributed by atoms with van der Waals surface area (Å²) in [6.07, 6.45) is 2.46. The molecule has 2 heterocycles. The summed E-state index contributed by atoms with van der Waals surface area (Å²) in [5.41, 5.74) is 12.4. The number of nitrogens with two attached hydrogens (primary N) is 2. The van der Waals surface area contributed by atoms with Gasteiger partial charge in [0.1, 0.15) is 4.99 Å². The topological polar surface area (TPSA) is 85.2 Å². The van der Waals surface area contributed by atoms with Crippen molar-refractivity contribution >= 4 is 28.8 Å². The minimum atomic E-state index is -0.240. The van der Waals surface area contributed by atoms with Crippen LogP contribution in [-0.4, -0.2) is 29.0 Å². The van der Waals surface area contributed by atoms with Gasteiger partial charge in [-0.15, -0.1) is 0 Å². The summed E-state index contributed by atoms with van der Waals surface area (Å²) >= 11 is 4.88. The van der Waals surface area contributed by atoms with Crippen LogP contribution in [0.2, 0.25) is 0 Å². The Kier molecular flexibility index (Phi) is 3.23. The number of rotatable bonds is 3.